The second kappa shape index (κ2) is 7.24. The van der Waals surface area contributed by atoms with Crippen LogP contribution in [0.2, 0.25) is 0 Å². The Kier molecular flexibility index (Phi) is 5.35. The average Bonchev–Trinajstić information content (AvgIpc) is 3.10. The molecule has 3 rings (SSSR count). The van der Waals surface area contributed by atoms with E-state index in [1.807, 2.05) is 54.2 Å². The van der Waals surface area contributed by atoms with E-state index in [2.05, 4.69) is 39.7 Å². The molecule has 1 aromatic carbocycles. The summed E-state index contributed by atoms with van der Waals surface area (Å²) in [5.41, 5.74) is 2.36. The fourth-order valence-electron chi connectivity index (χ4n) is 2.44. The van der Waals surface area contributed by atoms with Crippen molar-refractivity contribution < 1.29 is 0 Å². The van der Waals surface area contributed by atoms with E-state index >= 15 is 0 Å². The molecule has 0 aliphatic carbocycles. The van der Waals surface area contributed by atoms with Crippen LogP contribution in [0.1, 0.15) is 23.0 Å². The number of nitrogens with zero attached hydrogens (tertiary/aromatic N) is 4. The van der Waals surface area contributed by atoms with Gasteiger partial charge in [0.1, 0.15) is 5.82 Å². The van der Waals surface area contributed by atoms with Gasteiger partial charge >= 0.3 is 0 Å². The molecule has 5 nitrogen and oxygen atoms in total. The van der Waals surface area contributed by atoms with Crippen molar-refractivity contribution in [3.05, 3.63) is 72.1 Å². The summed E-state index contributed by atoms with van der Waals surface area (Å²) < 4.78 is 3.86. The first-order valence-electron chi connectivity index (χ1n) is 6.97. The average molecular weight is 318 g/mol. The maximum atomic E-state index is 4.49. The Labute approximate surface area is 136 Å². The molecule has 0 saturated heterocycles. The van der Waals surface area contributed by atoms with Gasteiger partial charge < -0.3 is 4.57 Å². The molecule has 2 heterocycles. The molecule has 2 aromatic heterocycles. The van der Waals surface area contributed by atoms with Crippen molar-refractivity contribution in [3.8, 4) is 0 Å². The molecule has 22 heavy (non-hydrogen) atoms. The summed E-state index contributed by atoms with van der Waals surface area (Å²) >= 11 is 0. The Morgan fingerprint density at radius 1 is 1.18 bits per heavy atom. The minimum Gasteiger partial charge on any atom is -0.336 e. The van der Waals surface area contributed by atoms with E-state index in [0.717, 1.165) is 17.9 Å². The lowest BCUT2D eigenvalue weighted by Crippen LogP contribution is -2.24. The van der Waals surface area contributed by atoms with Crippen LogP contribution in [0.5, 0.6) is 0 Å². The van der Waals surface area contributed by atoms with Crippen LogP contribution in [0, 0.1) is 0 Å². The van der Waals surface area contributed by atoms with E-state index in [-0.39, 0.29) is 18.4 Å². The van der Waals surface area contributed by atoms with Gasteiger partial charge in [-0.2, -0.15) is 5.10 Å². The summed E-state index contributed by atoms with van der Waals surface area (Å²) in [6.45, 7) is 0.750. The van der Waals surface area contributed by atoms with Gasteiger partial charge in [0.05, 0.1) is 12.2 Å². The molecule has 116 valence electrons. The van der Waals surface area contributed by atoms with Crippen molar-refractivity contribution in [1.29, 1.82) is 0 Å². The summed E-state index contributed by atoms with van der Waals surface area (Å²) in [5, 5.41) is 7.78. The highest BCUT2D eigenvalue weighted by atomic mass is 35.5. The number of halogens is 1. The van der Waals surface area contributed by atoms with Crippen LogP contribution in [0.15, 0.2) is 55.1 Å². The number of benzene rings is 1. The molecule has 0 saturated carbocycles. The lowest BCUT2D eigenvalue weighted by Gasteiger charge is -2.18. The van der Waals surface area contributed by atoms with Crippen LogP contribution in [-0.2, 0) is 20.6 Å². The molecule has 0 aliphatic heterocycles. The minimum absolute atomic E-state index is 0. The molecule has 0 spiro atoms. The van der Waals surface area contributed by atoms with Gasteiger partial charge in [-0.3, -0.25) is 10.00 Å². The number of aromatic nitrogens is 4. The molecular formula is C16H20ClN5. The molecule has 3 aromatic rings. The number of hydrogen-bond acceptors (Lipinski definition) is 3. The number of rotatable bonds is 5. The van der Waals surface area contributed by atoms with Crippen LogP contribution in [0.25, 0.3) is 0 Å². The maximum Gasteiger partial charge on any atom is 0.130 e. The van der Waals surface area contributed by atoms with E-state index in [0.29, 0.717) is 0 Å². The largest absolute Gasteiger partial charge is 0.336 e. The first kappa shape index (κ1) is 16.3. The summed E-state index contributed by atoms with van der Waals surface area (Å²) in [6.07, 6.45) is 7.70. The van der Waals surface area contributed by atoms with Gasteiger partial charge in [0.25, 0.3) is 0 Å². The Bertz CT molecular complexity index is 704. The van der Waals surface area contributed by atoms with Gasteiger partial charge in [0.15, 0.2) is 0 Å². The third-order valence-electron chi connectivity index (χ3n) is 3.52. The summed E-state index contributed by atoms with van der Waals surface area (Å²) in [4.78, 5) is 4.49. The number of nitrogens with one attached hydrogen (secondary N) is 1. The van der Waals surface area contributed by atoms with Gasteiger partial charge in [-0.25, -0.2) is 4.98 Å². The van der Waals surface area contributed by atoms with Crippen molar-refractivity contribution in [2.45, 2.75) is 12.6 Å². The lowest BCUT2D eigenvalue weighted by molar-refractivity contribution is 0.558. The molecular weight excluding hydrogens is 298 g/mol. The zero-order valence-electron chi connectivity index (χ0n) is 12.7. The Balaban J connectivity index is 0.00000176. The Morgan fingerprint density at radius 2 is 1.95 bits per heavy atom. The Hall–Kier alpha value is -2.11. The van der Waals surface area contributed by atoms with Crippen molar-refractivity contribution in [3.63, 3.8) is 0 Å². The van der Waals surface area contributed by atoms with E-state index < -0.39 is 0 Å². The van der Waals surface area contributed by atoms with Crippen LogP contribution < -0.4 is 5.32 Å². The lowest BCUT2D eigenvalue weighted by atomic mass is 10.1. The normalized spacial score (nSPS) is 11.9. The second-order valence-electron chi connectivity index (χ2n) is 5.14. The summed E-state index contributed by atoms with van der Waals surface area (Å²) in [6, 6.07) is 10.4. The predicted molar refractivity (Wildman–Crippen MR) is 88.8 cm³/mol. The maximum absolute atomic E-state index is 4.49. The molecule has 0 bridgehead atoms. The van der Waals surface area contributed by atoms with Crippen LogP contribution in [-0.4, -0.2) is 19.3 Å². The second-order valence-corrected chi connectivity index (χ2v) is 5.14. The molecule has 1 atom stereocenters. The topological polar surface area (TPSA) is 47.7 Å². The molecule has 0 amide bonds. The highest BCUT2D eigenvalue weighted by Gasteiger charge is 2.17. The van der Waals surface area contributed by atoms with E-state index in [9.17, 15) is 0 Å². The minimum atomic E-state index is 0. The molecule has 0 aliphatic rings. The first-order valence-corrected chi connectivity index (χ1v) is 6.97. The predicted octanol–water partition coefficient (Wildman–Crippen LogP) is 2.45. The van der Waals surface area contributed by atoms with Gasteiger partial charge in [-0.05, 0) is 5.56 Å². The summed E-state index contributed by atoms with van der Waals surface area (Å²) in [7, 11) is 3.95. The van der Waals surface area contributed by atoms with Gasteiger partial charge in [-0.1, -0.05) is 30.3 Å². The monoisotopic (exact) mass is 317 g/mol. The zero-order valence-corrected chi connectivity index (χ0v) is 13.5. The standard InChI is InChI=1S/C16H19N5.ClH/c1-20-9-8-17-16(20)15(14-6-4-3-5-7-14)18-10-13-11-19-21(2)12-13;/h3-9,11-12,15,18H,10H2,1-2H3;1H. The third kappa shape index (κ3) is 3.55. The number of hydrogen-bond donors (Lipinski definition) is 1. The smallest absolute Gasteiger partial charge is 0.130 e. The van der Waals surface area contributed by atoms with Crippen LogP contribution in [0.3, 0.4) is 0 Å². The van der Waals surface area contributed by atoms with Crippen molar-refractivity contribution in [2.24, 2.45) is 14.1 Å². The first-order chi connectivity index (χ1) is 10.2. The molecule has 6 heteroatoms. The number of imidazole rings is 1. The third-order valence-corrected chi connectivity index (χ3v) is 3.52. The van der Waals surface area contributed by atoms with E-state index in [4.69, 9.17) is 0 Å². The molecule has 0 fully saturated rings. The van der Waals surface area contributed by atoms with Crippen LogP contribution >= 0.6 is 12.4 Å². The van der Waals surface area contributed by atoms with Gasteiger partial charge in [-0.15, -0.1) is 12.4 Å². The van der Waals surface area contributed by atoms with Crippen LogP contribution in [0.4, 0.5) is 0 Å². The van der Waals surface area contributed by atoms with Gasteiger partial charge in [0, 0.05) is 44.8 Å². The van der Waals surface area contributed by atoms with Crippen molar-refractivity contribution in [1.82, 2.24) is 24.6 Å². The van der Waals surface area contributed by atoms with Crippen molar-refractivity contribution in [2.75, 3.05) is 0 Å². The van der Waals surface area contributed by atoms with E-state index in [1.165, 1.54) is 5.56 Å². The van der Waals surface area contributed by atoms with Gasteiger partial charge in [0.2, 0.25) is 0 Å². The molecule has 1 unspecified atom stereocenters. The summed E-state index contributed by atoms with van der Waals surface area (Å²) in [5.74, 6) is 1.00. The Morgan fingerprint density at radius 3 is 2.55 bits per heavy atom. The van der Waals surface area contributed by atoms with E-state index in [1.54, 1.807) is 0 Å². The highest BCUT2D eigenvalue weighted by Crippen LogP contribution is 2.20. The molecule has 0 radical (unpaired) electrons. The SMILES string of the molecule is Cl.Cn1cc(CNC(c2ccccc2)c2nccn2C)cn1. The fourth-order valence-corrected chi connectivity index (χ4v) is 2.44. The number of aryl methyl sites for hydroxylation is 2. The highest BCUT2D eigenvalue weighted by molar-refractivity contribution is 5.85. The molecule has 1 N–H and O–H groups in total. The van der Waals surface area contributed by atoms with Crippen molar-refractivity contribution >= 4 is 12.4 Å². The zero-order chi connectivity index (χ0) is 14.7. The fraction of sp³-hybridized carbons (Fsp3) is 0.250. The quantitative estimate of drug-likeness (QED) is 0.786.